The zero-order valence-corrected chi connectivity index (χ0v) is 18.8. The Labute approximate surface area is 190 Å². The Morgan fingerprint density at radius 1 is 1.03 bits per heavy atom. The molecule has 1 atom stereocenters. The second-order valence-corrected chi connectivity index (χ2v) is 8.47. The normalized spacial score (nSPS) is 11.9. The molecule has 0 radical (unpaired) electrons. The van der Waals surface area contributed by atoms with Crippen molar-refractivity contribution >= 4 is 34.4 Å². The Morgan fingerprint density at radius 2 is 1.78 bits per heavy atom. The number of hydrogen-bond donors (Lipinski definition) is 1. The first kappa shape index (κ1) is 21.8. The van der Waals surface area contributed by atoms with Gasteiger partial charge in [-0.15, -0.1) is 0 Å². The number of pyridine rings is 1. The summed E-state index contributed by atoms with van der Waals surface area (Å²) in [5.41, 5.74) is 2.83. The van der Waals surface area contributed by atoms with Gasteiger partial charge >= 0.3 is 0 Å². The molecule has 0 saturated heterocycles. The van der Waals surface area contributed by atoms with Gasteiger partial charge in [0.15, 0.2) is 10.8 Å². The number of aromatic nitrogens is 3. The highest BCUT2D eigenvalue weighted by atomic mass is 32.2. The highest BCUT2D eigenvalue weighted by Gasteiger charge is 2.23. The van der Waals surface area contributed by atoms with Crippen LogP contribution in [-0.2, 0) is 11.2 Å². The molecule has 2 aromatic carbocycles. The Balaban J connectivity index is 1.69. The summed E-state index contributed by atoms with van der Waals surface area (Å²) < 4.78 is 1.56. The van der Waals surface area contributed by atoms with E-state index in [1.54, 1.807) is 22.9 Å². The molecule has 0 saturated carbocycles. The molecule has 1 amide bonds. The van der Waals surface area contributed by atoms with Gasteiger partial charge in [0.05, 0.1) is 16.3 Å². The molecule has 2 aromatic heterocycles. The van der Waals surface area contributed by atoms with E-state index in [4.69, 9.17) is 0 Å². The SMILES string of the molecule is CCc1ccc(NC(=O)[C@H](CC)Sc2nc3ncccc3c(=O)n2-c2ccccc2)cc1. The molecule has 6 nitrogen and oxygen atoms in total. The fourth-order valence-electron chi connectivity index (χ4n) is 3.38. The lowest BCUT2D eigenvalue weighted by molar-refractivity contribution is -0.115. The molecule has 0 fully saturated rings. The van der Waals surface area contributed by atoms with Gasteiger partial charge in [-0.2, -0.15) is 0 Å². The maximum atomic E-state index is 13.3. The molecule has 2 heterocycles. The largest absolute Gasteiger partial charge is 0.325 e. The minimum absolute atomic E-state index is 0.128. The maximum absolute atomic E-state index is 13.3. The number of carbonyl (C=O) groups excluding carboxylic acids is 1. The number of nitrogens with one attached hydrogen (secondary N) is 1. The quantitative estimate of drug-likeness (QED) is 0.326. The Kier molecular flexibility index (Phi) is 6.66. The van der Waals surface area contributed by atoms with Crippen molar-refractivity contribution in [3.05, 3.63) is 88.8 Å². The number of carbonyl (C=O) groups is 1. The zero-order chi connectivity index (χ0) is 22.5. The van der Waals surface area contributed by atoms with Gasteiger partial charge in [-0.1, -0.05) is 55.9 Å². The monoisotopic (exact) mass is 444 g/mol. The molecule has 0 spiro atoms. The smallest absolute Gasteiger partial charge is 0.268 e. The molecule has 162 valence electrons. The Hall–Kier alpha value is -3.45. The first-order valence-corrected chi connectivity index (χ1v) is 11.5. The summed E-state index contributed by atoms with van der Waals surface area (Å²) >= 11 is 1.27. The van der Waals surface area contributed by atoms with E-state index in [1.165, 1.54) is 17.3 Å². The van der Waals surface area contributed by atoms with Crippen molar-refractivity contribution < 1.29 is 4.79 Å². The maximum Gasteiger partial charge on any atom is 0.268 e. The van der Waals surface area contributed by atoms with E-state index < -0.39 is 5.25 Å². The van der Waals surface area contributed by atoms with E-state index in [0.717, 1.165) is 12.1 Å². The van der Waals surface area contributed by atoms with Crippen LogP contribution < -0.4 is 10.9 Å². The lowest BCUT2D eigenvalue weighted by Crippen LogP contribution is -2.27. The van der Waals surface area contributed by atoms with Crippen LogP contribution in [0.3, 0.4) is 0 Å². The molecular weight excluding hydrogens is 420 g/mol. The van der Waals surface area contributed by atoms with Gasteiger partial charge in [0.1, 0.15) is 0 Å². The highest BCUT2D eigenvalue weighted by molar-refractivity contribution is 8.00. The number of anilines is 1. The van der Waals surface area contributed by atoms with Crippen LogP contribution in [-0.4, -0.2) is 25.7 Å². The van der Waals surface area contributed by atoms with Crippen molar-refractivity contribution in [2.75, 3.05) is 5.32 Å². The molecule has 0 bridgehead atoms. The van der Waals surface area contributed by atoms with Crippen molar-refractivity contribution in [2.24, 2.45) is 0 Å². The molecule has 4 aromatic rings. The number of para-hydroxylation sites is 1. The fourth-order valence-corrected chi connectivity index (χ4v) is 4.40. The molecule has 0 unspecified atom stereocenters. The summed E-state index contributed by atoms with van der Waals surface area (Å²) in [6.07, 6.45) is 3.13. The van der Waals surface area contributed by atoms with Crippen LogP contribution in [0.25, 0.3) is 16.7 Å². The van der Waals surface area contributed by atoms with Crippen molar-refractivity contribution in [1.29, 1.82) is 0 Å². The van der Waals surface area contributed by atoms with E-state index >= 15 is 0 Å². The van der Waals surface area contributed by atoms with Gasteiger partial charge < -0.3 is 5.32 Å². The predicted molar refractivity (Wildman–Crippen MR) is 130 cm³/mol. The van der Waals surface area contributed by atoms with Gasteiger partial charge in [0.25, 0.3) is 5.56 Å². The third kappa shape index (κ3) is 4.57. The molecule has 4 rings (SSSR count). The van der Waals surface area contributed by atoms with E-state index in [-0.39, 0.29) is 11.5 Å². The molecule has 32 heavy (non-hydrogen) atoms. The van der Waals surface area contributed by atoms with Crippen molar-refractivity contribution in [1.82, 2.24) is 14.5 Å². The molecule has 1 N–H and O–H groups in total. The van der Waals surface area contributed by atoms with E-state index in [2.05, 4.69) is 22.2 Å². The predicted octanol–water partition coefficient (Wildman–Crippen LogP) is 4.85. The summed E-state index contributed by atoms with van der Waals surface area (Å²) in [6, 6.07) is 20.6. The van der Waals surface area contributed by atoms with Gasteiger partial charge in [-0.3, -0.25) is 14.2 Å². The van der Waals surface area contributed by atoms with Crippen LogP contribution in [0.2, 0.25) is 0 Å². The van der Waals surface area contributed by atoms with E-state index in [0.29, 0.717) is 28.3 Å². The number of fused-ring (bicyclic) bond motifs is 1. The van der Waals surface area contributed by atoms with Gasteiger partial charge in [0.2, 0.25) is 5.91 Å². The molecule has 0 aliphatic rings. The number of benzene rings is 2. The van der Waals surface area contributed by atoms with Gasteiger partial charge in [-0.25, -0.2) is 9.97 Å². The molecule has 0 aliphatic carbocycles. The third-order valence-corrected chi connectivity index (χ3v) is 6.48. The second kappa shape index (κ2) is 9.78. The zero-order valence-electron chi connectivity index (χ0n) is 18.0. The summed E-state index contributed by atoms with van der Waals surface area (Å²) in [4.78, 5) is 35.3. The van der Waals surface area contributed by atoms with Crippen LogP contribution in [0.15, 0.2) is 82.9 Å². The van der Waals surface area contributed by atoms with Gasteiger partial charge in [-0.05, 0) is 54.8 Å². The van der Waals surface area contributed by atoms with Crippen LogP contribution in [0, 0.1) is 0 Å². The molecule has 0 aliphatic heterocycles. The minimum Gasteiger partial charge on any atom is -0.325 e. The minimum atomic E-state index is -0.427. The molecular formula is C25H24N4O2S. The van der Waals surface area contributed by atoms with Gasteiger partial charge in [0, 0.05) is 11.9 Å². The lowest BCUT2D eigenvalue weighted by atomic mass is 10.1. The Morgan fingerprint density at radius 3 is 2.47 bits per heavy atom. The number of aryl methyl sites for hydroxylation is 1. The average molecular weight is 445 g/mol. The number of rotatable bonds is 7. The van der Waals surface area contributed by atoms with Crippen molar-refractivity contribution in [2.45, 2.75) is 37.1 Å². The highest BCUT2D eigenvalue weighted by Crippen LogP contribution is 2.27. The van der Waals surface area contributed by atoms with Crippen LogP contribution in [0.5, 0.6) is 0 Å². The molecule has 7 heteroatoms. The second-order valence-electron chi connectivity index (χ2n) is 7.30. The van der Waals surface area contributed by atoms with Crippen molar-refractivity contribution in [3.8, 4) is 5.69 Å². The van der Waals surface area contributed by atoms with Crippen LogP contribution in [0.1, 0.15) is 25.8 Å². The third-order valence-electron chi connectivity index (χ3n) is 5.17. The number of nitrogens with zero attached hydrogens (tertiary/aromatic N) is 3. The van der Waals surface area contributed by atoms with E-state index in [9.17, 15) is 9.59 Å². The Bertz CT molecular complexity index is 1290. The first-order valence-electron chi connectivity index (χ1n) is 10.6. The van der Waals surface area contributed by atoms with Crippen molar-refractivity contribution in [3.63, 3.8) is 0 Å². The fraction of sp³-hybridized carbons (Fsp3) is 0.200. The summed E-state index contributed by atoms with van der Waals surface area (Å²) in [5.74, 6) is -0.128. The summed E-state index contributed by atoms with van der Waals surface area (Å²) in [7, 11) is 0. The topological polar surface area (TPSA) is 76.9 Å². The lowest BCUT2D eigenvalue weighted by Gasteiger charge is -2.18. The van der Waals surface area contributed by atoms with E-state index in [1.807, 2.05) is 61.5 Å². The first-order chi connectivity index (χ1) is 15.6. The van der Waals surface area contributed by atoms with Crippen LogP contribution in [0.4, 0.5) is 5.69 Å². The summed E-state index contributed by atoms with van der Waals surface area (Å²) in [6.45, 7) is 4.04. The summed E-state index contributed by atoms with van der Waals surface area (Å²) in [5, 5.41) is 3.44. The number of amides is 1. The van der Waals surface area contributed by atoms with Crippen LogP contribution >= 0.6 is 11.8 Å². The number of thioether (sulfide) groups is 1. The standard InChI is InChI=1S/C25H24N4O2S/c1-3-17-12-14-18(15-13-17)27-23(30)21(4-2)32-25-28-22-20(11-8-16-26-22)24(31)29(25)19-9-6-5-7-10-19/h5-16,21H,3-4H2,1-2H3,(H,27,30)/t21-/m0/s1. The number of hydrogen-bond acceptors (Lipinski definition) is 5. The average Bonchev–Trinajstić information content (AvgIpc) is 2.83.